The van der Waals surface area contributed by atoms with Gasteiger partial charge in [0.05, 0.1) is 0 Å². The molecule has 0 saturated carbocycles. The van der Waals surface area contributed by atoms with Gasteiger partial charge < -0.3 is 10.2 Å². The van der Waals surface area contributed by atoms with Crippen LogP contribution in [0.25, 0.3) is 0 Å². The molecule has 17 heavy (non-hydrogen) atoms. The first kappa shape index (κ1) is 14.0. The summed E-state index contributed by atoms with van der Waals surface area (Å²) in [7, 11) is 3.90. The van der Waals surface area contributed by atoms with E-state index in [0.29, 0.717) is 12.6 Å². The third-order valence-corrected chi connectivity index (χ3v) is 3.10. The van der Waals surface area contributed by atoms with Crippen molar-refractivity contribution >= 4 is 5.69 Å². The Balaban J connectivity index is 2.88. The maximum atomic E-state index is 13.5. The Labute approximate surface area is 104 Å². The molecule has 1 aromatic rings. The van der Waals surface area contributed by atoms with Crippen LogP contribution in [0.2, 0.25) is 0 Å². The minimum Gasteiger partial charge on any atom is -0.372 e. The second-order valence-electron chi connectivity index (χ2n) is 4.60. The summed E-state index contributed by atoms with van der Waals surface area (Å²) < 4.78 is 13.5. The first-order valence-corrected chi connectivity index (χ1v) is 6.25. The zero-order chi connectivity index (χ0) is 12.8. The first-order chi connectivity index (χ1) is 8.08. The fourth-order valence-corrected chi connectivity index (χ4v) is 2.01. The van der Waals surface area contributed by atoms with Crippen molar-refractivity contribution in [3.05, 3.63) is 29.6 Å². The van der Waals surface area contributed by atoms with E-state index in [9.17, 15) is 4.39 Å². The fourth-order valence-electron chi connectivity index (χ4n) is 2.01. The molecule has 1 N–H and O–H groups in total. The summed E-state index contributed by atoms with van der Waals surface area (Å²) in [6.45, 7) is 5.04. The van der Waals surface area contributed by atoms with Gasteiger partial charge in [-0.2, -0.15) is 0 Å². The molecule has 0 saturated heterocycles. The lowest BCUT2D eigenvalue weighted by atomic mass is 10.1. The van der Waals surface area contributed by atoms with Crippen LogP contribution in [0.5, 0.6) is 0 Å². The van der Waals surface area contributed by atoms with E-state index in [0.717, 1.165) is 24.1 Å². The van der Waals surface area contributed by atoms with E-state index in [4.69, 9.17) is 0 Å². The second kappa shape index (κ2) is 6.60. The summed E-state index contributed by atoms with van der Waals surface area (Å²) in [5, 5.41) is 3.05. The monoisotopic (exact) mass is 238 g/mol. The van der Waals surface area contributed by atoms with Crippen molar-refractivity contribution in [2.24, 2.45) is 0 Å². The summed E-state index contributed by atoms with van der Waals surface area (Å²) in [4.78, 5) is 2.14. The number of benzene rings is 1. The summed E-state index contributed by atoms with van der Waals surface area (Å²) in [6.07, 6.45) is 2.26. The largest absolute Gasteiger partial charge is 0.372 e. The average Bonchev–Trinajstić information content (AvgIpc) is 2.28. The molecule has 2 nitrogen and oxygen atoms in total. The van der Waals surface area contributed by atoms with Crippen LogP contribution in [-0.2, 0) is 6.54 Å². The number of nitrogens with one attached hydrogen (secondary N) is 1. The van der Waals surface area contributed by atoms with Crippen LogP contribution in [0, 0.1) is 5.82 Å². The van der Waals surface area contributed by atoms with Crippen LogP contribution in [0.4, 0.5) is 10.1 Å². The summed E-state index contributed by atoms with van der Waals surface area (Å²) >= 11 is 0. The molecule has 0 aliphatic carbocycles. The maximum absolute atomic E-state index is 13.5. The Morgan fingerprint density at radius 3 is 2.65 bits per heavy atom. The lowest BCUT2D eigenvalue weighted by Crippen LogP contribution is -2.28. The maximum Gasteiger partial charge on any atom is 0.125 e. The highest BCUT2D eigenvalue weighted by atomic mass is 19.1. The standard InChI is InChI=1S/C14H23FN2/c1-5-6-11(2)17(4)14-8-12(10-16-3)7-13(15)9-14/h7-9,11,16H,5-6,10H2,1-4H3. The third-order valence-electron chi connectivity index (χ3n) is 3.10. The van der Waals surface area contributed by atoms with Crippen molar-refractivity contribution in [2.45, 2.75) is 39.3 Å². The van der Waals surface area contributed by atoms with E-state index in [2.05, 4.69) is 24.1 Å². The minimum atomic E-state index is -0.164. The van der Waals surface area contributed by atoms with Gasteiger partial charge in [0, 0.05) is 25.3 Å². The van der Waals surface area contributed by atoms with E-state index in [1.54, 1.807) is 12.1 Å². The van der Waals surface area contributed by atoms with E-state index in [1.807, 2.05) is 20.2 Å². The Kier molecular flexibility index (Phi) is 5.42. The fraction of sp³-hybridized carbons (Fsp3) is 0.571. The molecule has 1 rings (SSSR count). The third kappa shape index (κ3) is 4.00. The van der Waals surface area contributed by atoms with Crippen molar-refractivity contribution in [2.75, 3.05) is 19.0 Å². The minimum absolute atomic E-state index is 0.164. The Morgan fingerprint density at radius 2 is 2.06 bits per heavy atom. The number of anilines is 1. The summed E-state index contributed by atoms with van der Waals surface area (Å²) in [5.74, 6) is -0.164. The normalized spacial score (nSPS) is 12.5. The zero-order valence-corrected chi connectivity index (χ0v) is 11.3. The highest BCUT2D eigenvalue weighted by Gasteiger charge is 2.10. The zero-order valence-electron chi connectivity index (χ0n) is 11.3. The quantitative estimate of drug-likeness (QED) is 0.819. The Morgan fingerprint density at radius 1 is 1.35 bits per heavy atom. The van der Waals surface area contributed by atoms with Crippen molar-refractivity contribution in [3.63, 3.8) is 0 Å². The average molecular weight is 238 g/mol. The Hall–Kier alpha value is -1.09. The van der Waals surface area contributed by atoms with Gasteiger partial charge in [-0.1, -0.05) is 13.3 Å². The van der Waals surface area contributed by atoms with E-state index in [1.165, 1.54) is 0 Å². The molecular formula is C14H23FN2. The smallest absolute Gasteiger partial charge is 0.125 e. The molecule has 0 spiro atoms. The lowest BCUT2D eigenvalue weighted by molar-refractivity contribution is 0.604. The number of hydrogen-bond donors (Lipinski definition) is 1. The number of nitrogens with zero attached hydrogens (tertiary/aromatic N) is 1. The van der Waals surface area contributed by atoms with Gasteiger partial charge in [-0.3, -0.25) is 0 Å². The molecular weight excluding hydrogens is 215 g/mol. The molecule has 0 bridgehead atoms. The van der Waals surface area contributed by atoms with Crippen LogP contribution >= 0.6 is 0 Å². The van der Waals surface area contributed by atoms with Gasteiger partial charge >= 0.3 is 0 Å². The van der Waals surface area contributed by atoms with Crippen molar-refractivity contribution in [3.8, 4) is 0 Å². The van der Waals surface area contributed by atoms with E-state index in [-0.39, 0.29) is 5.82 Å². The van der Waals surface area contributed by atoms with Gasteiger partial charge in [-0.15, -0.1) is 0 Å². The van der Waals surface area contributed by atoms with Gasteiger partial charge in [0.15, 0.2) is 0 Å². The molecule has 0 amide bonds. The predicted octanol–water partition coefficient (Wildman–Crippen LogP) is 3.17. The molecule has 0 aliphatic heterocycles. The second-order valence-corrected chi connectivity index (χ2v) is 4.60. The van der Waals surface area contributed by atoms with Crippen molar-refractivity contribution < 1.29 is 4.39 Å². The van der Waals surface area contributed by atoms with Crippen LogP contribution in [-0.4, -0.2) is 20.1 Å². The van der Waals surface area contributed by atoms with E-state index < -0.39 is 0 Å². The van der Waals surface area contributed by atoms with Crippen molar-refractivity contribution in [1.82, 2.24) is 5.32 Å². The molecule has 0 heterocycles. The molecule has 0 radical (unpaired) electrons. The topological polar surface area (TPSA) is 15.3 Å². The van der Waals surface area contributed by atoms with Gasteiger partial charge in [0.1, 0.15) is 5.82 Å². The molecule has 96 valence electrons. The molecule has 1 aromatic carbocycles. The van der Waals surface area contributed by atoms with Crippen molar-refractivity contribution in [1.29, 1.82) is 0 Å². The van der Waals surface area contributed by atoms with Gasteiger partial charge in [-0.05, 0) is 44.2 Å². The van der Waals surface area contributed by atoms with Gasteiger partial charge in [-0.25, -0.2) is 4.39 Å². The summed E-state index contributed by atoms with van der Waals surface area (Å²) in [6, 6.07) is 5.67. The molecule has 0 aliphatic rings. The highest BCUT2D eigenvalue weighted by Crippen LogP contribution is 2.21. The van der Waals surface area contributed by atoms with Crippen LogP contribution in [0.3, 0.4) is 0 Å². The molecule has 1 atom stereocenters. The summed E-state index contributed by atoms with van der Waals surface area (Å²) in [5.41, 5.74) is 1.94. The van der Waals surface area contributed by atoms with Crippen LogP contribution in [0.1, 0.15) is 32.3 Å². The van der Waals surface area contributed by atoms with Gasteiger partial charge in [0.25, 0.3) is 0 Å². The molecule has 0 fully saturated rings. The first-order valence-electron chi connectivity index (χ1n) is 6.25. The van der Waals surface area contributed by atoms with Crippen LogP contribution < -0.4 is 10.2 Å². The number of hydrogen-bond acceptors (Lipinski definition) is 2. The molecule has 3 heteroatoms. The number of halogens is 1. The van der Waals surface area contributed by atoms with Gasteiger partial charge in [0.2, 0.25) is 0 Å². The Bertz CT molecular complexity index is 352. The predicted molar refractivity (Wildman–Crippen MR) is 71.9 cm³/mol. The molecule has 0 aromatic heterocycles. The van der Waals surface area contributed by atoms with Crippen LogP contribution in [0.15, 0.2) is 18.2 Å². The molecule has 1 unspecified atom stereocenters. The number of rotatable bonds is 6. The lowest BCUT2D eigenvalue weighted by Gasteiger charge is -2.27. The highest BCUT2D eigenvalue weighted by molar-refractivity contribution is 5.49. The van der Waals surface area contributed by atoms with E-state index >= 15 is 0 Å². The SMILES string of the molecule is CCCC(C)N(C)c1cc(F)cc(CNC)c1.